The zero-order valence-electron chi connectivity index (χ0n) is 14.4. The van der Waals surface area contributed by atoms with Crippen LogP contribution in [-0.2, 0) is 6.54 Å². The second-order valence-corrected chi connectivity index (χ2v) is 6.01. The standard InChI is InChI=1S/C21H18N2O3/c1-2-11-23(14-16-9-7-15(13-22)8-10-16)21(25)20-12-18(24)17-5-3-4-6-19(17)26-20/h3-10,12H,2,11,14H2,1H3. The molecule has 2 aromatic carbocycles. The molecule has 3 aromatic rings. The lowest BCUT2D eigenvalue weighted by molar-refractivity contribution is 0.0711. The van der Waals surface area contributed by atoms with E-state index in [-0.39, 0.29) is 17.1 Å². The van der Waals surface area contributed by atoms with E-state index in [0.29, 0.717) is 29.6 Å². The lowest BCUT2D eigenvalue weighted by Gasteiger charge is -2.21. The number of fused-ring (bicyclic) bond motifs is 1. The van der Waals surface area contributed by atoms with Crippen LogP contribution >= 0.6 is 0 Å². The number of benzene rings is 2. The first kappa shape index (κ1) is 17.4. The van der Waals surface area contributed by atoms with Crippen LogP contribution in [0.3, 0.4) is 0 Å². The lowest BCUT2D eigenvalue weighted by Crippen LogP contribution is -2.31. The van der Waals surface area contributed by atoms with Crippen molar-refractivity contribution in [1.29, 1.82) is 5.26 Å². The first-order valence-electron chi connectivity index (χ1n) is 8.43. The number of nitriles is 1. The van der Waals surface area contributed by atoms with E-state index in [1.54, 1.807) is 41.3 Å². The Hall–Kier alpha value is -3.39. The molecule has 1 aromatic heterocycles. The van der Waals surface area contributed by atoms with Crippen molar-refractivity contribution in [2.24, 2.45) is 0 Å². The van der Waals surface area contributed by atoms with Crippen molar-refractivity contribution in [2.45, 2.75) is 19.9 Å². The summed E-state index contributed by atoms with van der Waals surface area (Å²) in [5.41, 5.74) is 1.65. The summed E-state index contributed by atoms with van der Waals surface area (Å²) in [7, 11) is 0. The number of amides is 1. The van der Waals surface area contributed by atoms with Crippen LogP contribution < -0.4 is 5.43 Å². The third-order valence-corrected chi connectivity index (χ3v) is 4.08. The number of nitrogens with zero attached hydrogens (tertiary/aromatic N) is 2. The average Bonchev–Trinajstić information content (AvgIpc) is 2.67. The summed E-state index contributed by atoms with van der Waals surface area (Å²) in [5.74, 6) is -0.283. The number of rotatable bonds is 5. The van der Waals surface area contributed by atoms with Gasteiger partial charge in [0.1, 0.15) is 5.58 Å². The monoisotopic (exact) mass is 346 g/mol. The lowest BCUT2D eigenvalue weighted by atomic mass is 10.1. The molecule has 0 aliphatic heterocycles. The van der Waals surface area contributed by atoms with Crippen LogP contribution in [0, 0.1) is 11.3 Å². The van der Waals surface area contributed by atoms with Gasteiger partial charge in [0.15, 0.2) is 11.2 Å². The van der Waals surface area contributed by atoms with Crippen molar-refractivity contribution in [2.75, 3.05) is 6.54 Å². The molecule has 0 radical (unpaired) electrons. The molecule has 3 rings (SSSR count). The quantitative estimate of drug-likeness (QED) is 0.706. The third-order valence-electron chi connectivity index (χ3n) is 4.08. The molecule has 0 aliphatic rings. The molecule has 0 unspecified atom stereocenters. The largest absolute Gasteiger partial charge is 0.451 e. The predicted octanol–water partition coefficient (Wildman–Crippen LogP) is 3.72. The minimum atomic E-state index is -0.320. The smallest absolute Gasteiger partial charge is 0.290 e. The highest BCUT2D eigenvalue weighted by Gasteiger charge is 2.19. The average molecular weight is 346 g/mol. The molecule has 1 heterocycles. The van der Waals surface area contributed by atoms with Crippen molar-refractivity contribution in [3.8, 4) is 6.07 Å². The summed E-state index contributed by atoms with van der Waals surface area (Å²) in [6.45, 7) is 2.90. The van der Waals surface area contributed by atoms with Gasteiger partial charge in [0.05, 0.1) is 17.0 Å². The first-order chi connectivity index (χ1) is 12.6. The van der Waals surface area contributed by atoms with Crippen LogP contribution in [0.15, 0.2) is 63.8 Å². The fourth-order valence-corrected chi connectivity index (χ4v) is 2.79. The maximum atomic E-state index is 12.9. The summed E-state index contributed by atoms with van der Waals surface area (Å²) < 4.78 is 5.67. The van der Waals surface area contributed by atoms with Crippen molar-refractivity contribution in [3.05, 3.63) is 81.7 Å². The van der Waals surface area contributed by atoms with E-state index < -0.39 is 0 Å². The van der Waals surface area contributed by atoms with Crippen LogP contribution in [0.2, 0.25) is 0 Å². The molecule has 0 bridgehead atoms. The van der Waals surface area contributed by atoms with Gasteiger partial charge in [0, 0.05) is 19.2 Å². The van der Waals surface area contributed by atoms with Gasteiger partial charge < -0.3 is 9.32 Å². The normalized spacial score (nSPS) is 10.5. The molecule has 0 fully saturated rings. The topological polar surface area (TPSA) is 74.3 Å². The summed E-state index contributed by atoms with van der Waals surface area (Å²) in [6.07, 6.45) is 0.778. The molecule has 0 saturated heterocycles. The number of hydrogen-bond acceptors (Lipinski definition) is 4. The highest BCUT2D eigenvalue weighted by molar-refractivity contribution is 5.93. The van der Waals surface area contributed by atoms with E-state index in [4.69, 9.17) is 9.68 Å². The highest BCUT2D eigenvalue weighted by Crippen LogP contribution is 2.15. The summed E-state index contributed by atoms with van der Waals surface area (Å²) in [6, 6.07) is 17.3. The Morgan fingerprint density at radius 2 is 1.88 bits per heavy atom. The van der Waals surface area contributed by atoms with E-state index in [1.807, 2.05) is 19.1 Å². The van der Waals surface area contributed by atoms with Gasteiger partial charge in [-0.2, -0.15) is 5.26 Å². The van der Waals surface area contributed by atoms with Gasteiger partial charge >= 0.3 is 0 Å². The SMILES string of the molecule is CCCN(Cc1ccc(C#N)cc1)C(=O)c1cc(=O)c2ccccc2o1. The van der Waals surface area contributed by atoms with Gasteiger partial charge in [-0.15, -0.1) is 0 Å². The van der Waals surface area contributed by atoms with Crippen LogP contribution in [0.4, 0.5) is 0 Å². The summed E-state index contributed by atoms with van der Waals surface area (Å²) in [4.78, 5) is 26.8. The number of carbonyl (C=O) groups excluding carboxylic acids is 1. The Labute approximate surface area is 151 Å². The van der Waals surface area contributed by atoms with E-state index in [9.17, 15) is 9.59 Å². The van der Waals surface area contributed by atoms with Crippen molar-refractivity contribution < 1.29 is 9.21 Å². The Balaban J connectivity index is 1.91. The maximum Gasteiger partial charge on any atom is 0.290 e. The Morgan fingerprint density at radius 3 is 2.58 bits per heavy atom. The van der Waals surface area contributed by atoms with Crippen LogP contribution in [0.5, 0.6) is 0 Å². The van der Waals surface area contributed by atoms with Crippen molar-refractivity contribution >= 4 is 16.9 Å². The highest BCUT2D eigenvalue weighted by atomic mass is 16.3. The van der Waals surface area contributed by atoms with Crippen LogP contribution in [0.25, 0.3) is 11.0 Å². The van der Waals surface area contributed by atoms with E-state index >= 15 is 0 Å². The second-order valence-electron chi connectivity index (χ2n) is 6.01. The molecule has 1 amide bonds. The maximum absolute atomic E-state index is 12.9. The third kappa shape index (κ3) is 3.65. The molecule has 5 heteroatoms. The first-order valence-corrected chi connectivity index (χ1v) is 8.43. The fourth-order valence-electron chi connectivity index (χ4n) is 2.79. The van der Waals surface area contributed by atoms with Gasteiger partial charge in [-0.25, -0.2) is 0 Å². The van der Waals surface area contributed by atoms with E-state index in [2.05, 4.69) is 6.07 Å². The minimum absolute atomic E-state index is 0.0378. The second kappa shape index (κ2) is 7.66. The van der Waals surface area contributed by atoms with Crippen molar-refractivity contribution in [3.63, 3.8) is 0 Å². The summed E-state index contributed by atoms with van der Waals surface area (Å²) >= 11 is 0. The molecular weight excluding hydrogens is 328 g/mol. The zero-order chi connectivity index (χ0) is 18.5. The van der Waals surface area contributed by atoms with Crippen LogP contribution in [0.1, 0.15) is 35.0 Å². The molecule has 0 saturated carbocycles. The van der Waals surface area contributed by atoms with E-state index in [1.165, 1.54) is 6.07 Å². The Bertz CT molecular complexity index is 1030. The van der Waals surface area contributed by atoms with Gasteiger partial charge in [0.25, 0.3) is 5.91 Å². The zero-order valence-corrected chi connectivity index (χ0v) is 14.4. The van der Waals surface area contributed by atoms with Gasteiger partial charge in [0.2, 0.25) is 0 Å². The van der Waals surface area contributed by atoms with E-state index in [0.717, 1.165) is 12.0 Å². The van der Waals surface area contributed by atoms with Gasteiger partial charge in [-0.05, 0) is 36.2 Å². The number of hydrogen-bond donors (Lipinski definition) is 0. The molecule has 26 heavy (non-hydrogen) atoms. The van der Waals surface area contributed by atoms with Gasteiger partial charge in [-0.1, -0.05) is 31.2 Å². The molecule has 0 aliphatic carbocycles. The molecule has 130 valence electrons. The van der Waals surface area contributed by atoms with Gasteiger partial charge in [-0.3, -0.25) is 9.59 Å². The summed E-state index contributed by atoms with van der Waals surface area (Å²) in [5, 5.41) is 9.34. The molecule has 0 atom stereocenters. The fraction of sp³-hybridized carbons (Fsp3) is 0.190. The predicted molar refractivity (Wildman–Crippen MR) is 98.7 cm³/mol. The molecule has 0 N–H and O–H groups in total. The Morgan fingerprint density at radius 1 is 1.15 bits per heavy atom. The molecule has 5 nitrogen and oxygen atoms in total. The number of carbonyl (C=O) groups is 1. The molecule has 0 spiro atoms. The van der Waals surface area contributed by atoms with Crippen LogP contribution in [-0.4, -0.2) is 17.4 Å². The van der Waals surface area contributed by atoms with Crippen molar-refractivity contribution in [1.82, 2.24) is 4.90 Å². The Kier molecular flexibility index (Phi) is 5.14. The number of para-hydroxylation sites is 1. The molecular formula is C21H18N2O3. The minimum Gasteiger partial charge on any atom is -0.451 e.